The summed E-state index contributed by atoms with van der Waals surface area (Å²) in [6.07, 6.45) is 0.983. The molecule has 0 fully saturated rings. The van der Waals surface area contributed by atoms with Gasteiger partial charge in [-0.1, -0.05) is 25.4 Å². The number of hydrogen-bond donors (Lipinski definition) is 2. The van der Waals surface area contributed by atoms with Gasteiger partial charge in [0.15, 0.2) is 5.78 Å². The van der Waals surface area contributed by atoms with Gasteiger partial charge in [0.1, 0.15) is 0 Å². The molecule has 1 unspecified atom stereocenters. The minimum atomic E-state index is -0.247. The molecule has 1 atom stereocenters. The molecule has 0 aromatic heterocycles. The zero-order valence-corrected chi connectivity index (χ0v) is 13.2. The fourth-order valence-corrected chi connectivity index (χ4v) is 2.18. The standard InChI is InChI=1S/C16H22ClNO3/c1-11(2)9-14(10-19)18-16(21)8-7-15(20)12-3-5-13(17)6-4-12/h3-6,11,14,19H,7-10H2,1-2H3,(H,18,21). The monoisotopic (exact) mass is 311 g/mol. The zero-order valence-electron chi connectivity index (χ0n) is 12.4. The van der Waals surface area contributed by atoms with Crippen molar-refractivity contribution in [3.8, 4) is 0 Å². The lowest BCUT2D eigenvalue weighted by atomic mass is 10.0. The Hall–Kier alpha value is -1.39. The van der Waals surface area contributed by atoms with Crippen LogP contribution in [0, 0.1) is 5.92 Å². The molecule has 5 heteroatoms. The summed E-state index contributed by atoms with van der Waals surface area (Å²) in [6, 6.07) is 6.36. The van der Waals surface area contributed by atoms with E-state index in [1.54, 1.807) is 24.3 Å². The topological polar surface area (TPSA) is 66.4 Å². The molecular formula is C16H22ClNO3. The molecule has 1 aromatic rings. The van der Waals surface area contributed by atoms with E-state index in [9.17, 15) is 14.7 Å². The van der Waals surface area contributed by atoms with E-state index in [2.05, 4.69) is 5.32 Å². The smallest absolute Gasteiger partial charge is 0.220 e. The molecule has 0 aliphatic heterocycles. The number of benzene rings is 1. The van der Waals surface area contributed by atoms with Crippen LogP contribution in [0.15, 0.2) is 24.3 Å². The Kier molecular flexibility index (Phi) is 7.40. The van der Waals surface area contributed by atoms with Crippen molar-refractivity contribution >= 4 is 23.3 Å². The maximum Gasteiger partial charge on any atom is 0.220 e. The third kappa shape index (κ3) is 6.74. The summed E-state index contributed by atoms with van der Waals surface area (Å²) in [7, 11) is 0. The van der Waals surface area contributed by atoms with E-state index in [4.69, 9.17) is 11.6 Å². The molecule has 0 spiro atoms. The molecule has 2 N–H and O–H groups in total. The quantitative estimate of drug-likeness (QED) is 0.725. The first-order valence-electron chi connectivity index (χ1n) is 7.11. The number of aliphatic hydroxyl groups excluding tert-OH is 1. The van der Waals surface area contributed by atoms with E-state index in [0.717, 1.165) is 0 Å². The van der Waals surface area contributed by atoms with Crippen LogP contribution in [0.1, 0.15) is 43.5 Å². The van der Waals surface area contributed by atoms with Gasteiger partial charge in [-0.15, -0.1) is 0 Å². The number of Topliss-reactive ketones (excluding diaryl/α,β-unsaturated/α-hetero) is 1. The Morgan fingerprint density at radius 3 is 2.33 bits per heavy atom. The van der Waals surface area contributed by atoms with Crippen LogP contribution in [-0.4, -0.2) is 29.4 Å². The molecule has 0 bridgehead atoms. The maximum absolute atomic E-state index is 11.9. The Morgan fingerprint density at radius 2 is 1.81 bits per heavy atom. The number of carbonyl (C=O) groups is 2. The van der Waals surface area contributed by atoms with Gasteiger partial charge in [0.05, 0.1) is 12.6 Å². The first-order valence-corrected chi connectivity index (χ1v) is 7.49. The summed E-state index contributed by atoms with van der Waals surface area (Å²) in [5.41, 5.74) is 0.549. The number of halogens is 1. The van der Waals surface area contributed by atoms with Crippen molar-refractivity contribution in [3.05, 3.63) is 34.9 Å². The van der Waals surface area contributed by atoms with Gasteiger partial charge in [0, 0.05) is 23.4 Å². The Balaban J connectivity index is 2.41. The lowest BCUT2D eigenvalue weighted by Gasteiger charge is -2.18. The molecule has 4 nitrogen and oxygen atoms in total. The molecule has 0 radical (unpaired) electrons. The van der Waals surface area contributed by atoms with E-state index in [1.165, 1.54) is 0 Å². The third-order valence-corrected chi connectivity index (χ3v) is 3.34. The molecule has 1 aromatic carbocycles. The summed E-state index contributed by atoms with van der Waals surface area (Å²) < 4.78 is 0. The lowest BCUT2D eigenvalue weighted by molar-refractivity contribution is -0.122. The highest BCUT2D eigenvalue weighted by atomic mass is 35.5. The summed E-state index contributed by atoms with van der Waals surface area (Å²) in [5, 5.41) is 12.5. The maximum atomic E-state index is 11.9. The second kappa shape index (κ2) is 8.80. The van der Waals surface area contributed by atoms with Crippen LogP contribution >= 0.6 is 11.6 Å². The van der Waals surface area contributed by atoms with E-state index in [0.29, 0.717) is 22.9 Å². The minimum Gasteiger partial charge on any atom is -0.394 e. The highest BCUT2D eigenvalue weighted by Crippen LogP contribution is 2.12. The predicted octanol–water partition coefficient (Wildman–Crippen LogP) is 2.83. The third-order valence-electron chi connectivity index (χ3n) is 3.09. The van der Waals surface area contributed by atoms with E-state index in [1.807, 2.05) is 13.8 Å². The summed E-state index contributed by atoms with van der Waals surface area (Å²) in [6.45, 7) is 3.97. The molecule has 1 amide bonds. The first-order chi connectivity index (χ1) is 9.92. The first kappa shape index (κ1) is 17.7. The van der Waals surface area contributed by atoms with Crippen LogP contribution in [0.25, 0.3) is 0 Å². The van der Waals surface area contributed by atoms with E-state index >= 15 is 0 Å². The van der Waals surface area contributed by atoms with Gasteiger partial charge in [-0.2, -0.15) is 0 Å². The second-order valence-electron chi connectivity index (χ2n) is 5.51. The Bertz CT molecular complexity index is 471. The largest absolute Gasteiger partial charge is 0.394 e. The van der Waals surface area contributed by atoms with Gasteiger partial charge in [-0.05, 0) is 36.6 Å². The Morgan fingerprint density at radius 1 is 1.19 bits per heavy atom. The van der Waals surface area contributed by atoms with Crippen LogP contribution in [0.2, 0.25) is 5.02 Å². The molecular weight excluding hydrogens is 290 g/mol. The van der Waals surface area contributed by atoms with Crippen molar-refractivity contribution in [1.82, 2.24) is 5.32 Å². The number of carbonyl (C=O) groups excluding carboxylic acids is 2. The predicted molar refractivity (Wildman–Crippen MR) is 83.5 cm³/mol. The van der Waals surface area contributed by atoms with Crippen LogP contribution in [0.4, 0.5) is 0 Å². The van der Waals surface area contributed by atoms with E-state index in [-0.39, 0.29) is 37.2 Å². The normalized spacial score (nSPS) is 12.2. The molecule has 0 saturated carbocycles. The van der Waals surface area contributed by atoms with Crippen molar-refractivity contribution in [2.75, 3.05) is 6.61 Å². The SMILES string of the molecule is CC(C)CC(CO)NC(=O)CCC(=O)c1ccc(Cl)cc1. The molecule has 0 aliphatic carbocycles. The van der Waals surface area contributed by atoms with Crippen molar-refractivity contribution < 1.29 is 14.7 Å². The molecule has 21 heavy (non-hydrogen) atoms. The lowest BCUT2D eigenvalue weighted by Crippen LogP contribution is -2.38. The molecule has 116 valence electrons. The van der Waals surface area contributed by atoms with Gasteiger partial charge in [-0.25, -0.2) is 0 Å². The fraction of sp³-hybridized carbons (Fsp3) is 0.500. The van der Waals surface area contributed by atoms with Crippen molar-refractivity contribution in [3.63, 3.8) is 0 Å². The number of rotatable bonds is 8. The zero-order chi connectivity index (χ0) is 15.8. The summed E-state index contributed by atoms with van der Waals surface area (Å²) in [5.74, 6) is 0.0846. The molecule has 0 aliphatic rings. The highest BCUT2D eigenvalue weighted by Gasteiger charge is 2.14. The molecule has 0 saturated heterocycles. The highest BCUT2D eigenvalue weighted by molar-refractivity contribution is 6.30. The van der Waals surface area contributed by atoms with Crippen LogP contribution in [0.5, 0.6) is 0 Å². The fourth-order valence-electron chi connectivity index (χ4n) is 2.06. The number of nitrogens with one attached hydrogen (secondary N) is 1. The minimum absolute atomic E-state index is 0.0882. The van der Waals surface area contributed by atoms with Gasteiger partial charge in [-0.3, -0.25) is 9.59 Å². The number of aliphatic hydroxyl groups is 1. The van der Waals surface area contributed by atoms with Crippen LogP contribution < -0.4 is 5.32 Å². The average Bonchev–Trinajstić information content (AvgIpc) is 2.44. The number of hydrogen-bond acceptors (Lipinski definition) is 3. The van der Waals surface area contributed by atoms with Gasteiger partial charge in [0.2, 0.25) is 5.91 Å². The van der Waals surface area contributed by atoms with Crippen LogP contribution in [0.3, 0.4) is 0 Å². The Labute approximate surface area is 130 Å². The number of amides is 1. The number of ketones is 1. The average molecular weight is 312 g/mol. The van der Waals surface area contributed by atoms with Gasteiger partial charge in [0.25, 0.3) is 0 Å². The second-order valence-corrected chi connectivity index (χ2v) is 5.94. The van der Waals surface area contributed by atoms with E-state index < -0.39 is 0 Å². The summed E-state index contributed by atoms with van der Waals surface area (Å²) in [4.78, 5) is 23.7. The van der Waals surface area contributed by atoms with Crippen molar-refractivity contribution in [2.45, 2.75) is 39.2 Å². The van der Waals surface area contributed by atoms with Gasteiger partial charge < -0.3 is 10.4 Å². The summed E-state index contributed by atoms with van der Waals surface area (Å²) >= 11 is 5.76. The van der Waals surface area contributed by atoms with Crippen LogP contribution in [-0.2, 0) is 4.79 Å². The van der Waals surface area contributed by atoms with Gasteiger partial charge >= 0.3 is 0 Å². The molecule has 1 rings (SSSR count). The molecule has 0 heterocycles. The van der Waals surface area contributed by atoms with Crippen molar-refractivity contribution in [1.29, 1.82) is 0 Å². The van der Waals surface area contributed by atoms with Crippen molar-refractivity contribution in [2.24, 2.45) is 5.92 Å².